The maximum atomic E-state index is 13.2. The Morgan fingerprint density at radius 2 is 1.79 bits per heavy atom. The number of rotatable bonds is 5. The summed E-state index contributed by atoms with van der Waals surface area (Å²) in [5, 5.41) is 3.68. The lowest BCUT2D eigenvalue weighted by Gasteiger charge is -2.13. The molecule has 0 atom stereocenters. The number of methoxy groups -OCH3 is 1. The van der Waals surface area contributed by atoms with E-state index in [1.54, 1.807) is 6.07 Å². The first-order valence-electron chi connectivity index (χ1n) is 7.71. The van der Waals surface area contributed by atoms with Crippen molar-refractivity contribution in [2.75, 3.05) is 11.9 Å². The van der Waals surface area contributed by atoms with Gasteiger partial charge in [-0.05, 0) is 36.4 Å². The van der Waals surface area contributed by atoms with Gasteiger partial charge in [-0.1, -0.05) is 29.8 Å². The average molecular weight is 432 g/mol. The van der Waals surface area contributed by atoms with Gasteiger partial charge in [-0.2, -0.15) is 31.2 Å². The van der Waals surface area contributed by atoms with Crippen LogP contribution in [0.4, 0.5) is 13.2 Å². The van der Waals surface area contributed by atoms with Crippen molar-refractivity contribution in [3.8, 4) is 17.0 Å². The van der Waals surface area contributed by atoms with Crippen molar-refractivity contribution in [3.63, 3.8) is 0 Å². The second-order valence-corrected chi connectivity index (χ2v) is 7.67. The number of hydrogen-bond donors (Lipinski definition) is 1. The van der Waals surface area contributed by atoms with Gasteiger partial charge in [-0.15, -0.1) is 5.10 Å². The van der Waals surface area contributed by atoms with E-state index >= 15 is 0 Å². The molecule has 0 aliphatic carbocycles. The molecule has 0 fully saturated rings. The standard InChI is InChI=1S/C17H13ClF3N3O3S/c1-27-15-9-11(18)7-8-13(15)14-10-16(17(19,20)21)22-24(14)23-28(25,26)12-5-3-2-4-6-12/h2-10,23H,1H3. The van der Waals surface area contributed by atoms with E-state index in [2.05, 4.69) is 5.10 Å². The van der Waals surface area contributed by atoms with Crippen LogP contribution in [0.5, 0.6) is 5.75 Å². The number of aromatic nitrogens is 2. The molecule has 1 aromatic heterocycles. The minimum absolute atomic E-state index is 0.131. The Morgan fingerprint density at radius 1 is 1.11 bits per heavy atom. The average Bonchev–Trinajstić information content (AvgIpc) is 3.05. The van der Waals surface area contributed by atoms with E-state index in [4.69, 9.17) is 16.3 Å². The largest absolute Gasteiger partial charge is 0.496 e. The molecule has 0 spiro atoms. The van der Waals surface area contributed by atoms with Gasteiger partial charge in [-0.3, -0.25) is 0 Å². The lowest BCUT2D eigenvalue weighted by atomic mass is 10.1. The number of ether oxygens (including phenoxy) is 1. The highest BCUT2D eigenvalue weighted by Crippen LogP contribution is 2.36. The molecule has 0 bridgehead atoms. The van der Waals surface area contributed by atoms with Crippen LogP contribution in [0.1, 0.15) is 5.69 Å². The van der Waals surface area contributed by atoms with Gasteiger partial charge in [0.2, 0.25) is 0 Å². The molecule has 0 amide bonds. The normalized spacial score (nSPS) is 12.0. The molecule has 0 unspecified atom stereocenters. The Hall–Kier alpha value is -2.72. The number of sulfonamides is 1. The van der Waals surface area contributed by atoms with Gasteiger partial charge < -0.3 is 4.74 Å². The van der Waals surface area contributed by atoms with Gasteiger partial charge in [-0.25, -0.2) is 0 Å². The fraction of sp³-hybridized carbons (Fsp3) is 0.118. The molecule has 28 heavy (non-hydrogen) atoms. The van der Waals surface area contributed by atoms with E-state index in [9.17, 15) is 21.6 Å². The molecule has 11 heteroatoms. The maximum Gasteiger partial charge on any atom is 0.435 e. The number of hydrogen-bond acceptors (Lipinski definition) is 4. The van der Waals surface area contributed by atoms with Crippen molar-refractivity contribution in [1.29, 1.82) is 0 Å². The highest BCUT2D eigenvalue weighted by atomic mass is 35.5. The lowest BCUT2D eigenvalue weighted by Crippen LogP contribution is -2.25. The van der Waals surface area contributed by atoms with Crippen LogP contribution < -0.4 is 9.57 Å². The summed E-state index contributed by atoms with van der Waals surface area (Å²) in [4.78, 5) is 2.47. The SMILES string of the molecule is COc1cc(Cl)ccc1-c1cc(C(F)(F)F)nn1NS(=O)(=O)c1ccccc1. The van der Waals surface area contributed by atoms with Crippen LogP contribution in [0.25, 0.3) is 11.3 Å². The molecule has 0 radical (unpaired) electrons. The number of nitrogens with zero attached hydrogens (tertiary/aromatic N) is 2. The number of alkyl halides is 3. The van der Waals surface area contributed by atoms with Crippen LogP contribution in [-0.2, 0) is 16.2 Å². The van der Waals surface area contributed by atoms with Gasteiger partial charge >= 0.3 is 6.18 Å². The molecule has 2 aromatic carbocycles. The summed E-state index contributed by atoms with van der Waals surface area (Å²) in [6.07, 6.45) is -4.78. The lowest BCUT2D eigenvalue weighted by molar-refractivity contribution is -0.141. The third kappa shape index (κ3) is 4.07. The van der Waals surface area contributed by atoms with Crippen molar-refractivity contribution in [3.05, 3.63) is 65.3 Å². The van der Waals surface area contributed by atoms with E-state index in [0.29, 0.717) is 9.81 Å². The summed E-state index contributed by atoms with van der Waals surface area (Å²) in [6, 6.07) is 12.2. The first kappa shape index (κ1) is 20.0. The van der Waals surface area contributed by atoms with Crippen molar-refractivity contribution < 1.29 is 26.3 Å². The molecule has 3 rings (SSSR count). The summed E-state index contributed by atoms with van der Waals surface area (Å²) in [5.41, 5.74) is -1.26. The summed E-state index contributed by atoms with van der Waals surface area (Å²) in [7, 11) is -2.87. The fourth-order valence-corrected chi connectivity index (χ4v) is 3.57. The Bertz CT molecular complexity index is 1100. The van der Waals surface area contributed by atoms with Crippen LogP contribution in [0.15, 0.2) is 59.5 Å². The summed E-state index contributed by atoms with van der Waals surface area (Å²) >= 11 is 5.89. The fourth-order valence-electron chi connectivity index (χ4n) is 2.42. The summed E-state index contributed by atoms with van der Waals surface area (Å²) < 4.78 is 69.8. The molecule has 1 heterocycles. The highest BCUT2D eigenvalue weighted by Gasteiger charge is 2.36. The second-order valence-electron chi connectivity index (χ2n) is 5.58. The first-order chi connectivity index (χ1) is 13.1. The number of benzene rings is 2. The van der Waals surface area contributed by atoms with Gasteiger partial charge in [0.25, 0.3) is 10.0 Å². The first-order valence-corrected chi connectivity index (χ1v) is 9.57. The molecule has 1 N–H and O–H groups in total. The molecule has 0 saturated carbocycles. The molecule has 0 aliphatic heterocycles. The van der Waals surface area contributed by atoms with Crippen LogP contribution in [0.3, 0.4) is 0 Å². The zero-order valence-electron chi connectivity index (χ0n) is 14.2. The van der Waals surface area contributed by atoms with E-state index in [1.165, 1.54) is 49.6 Å². The maximum absolute atomic E-state index is 13.2. The zero-order valence-corrected chi connectivity index (χ0v) is 15.8. The number of nitrogens with one attached hydrogen (secondary N) is 1. The molecule has 0 saturated heterocycles. The van der Waals surface area contributed by atoms with Gasteiger partial charge in [0.05, 0.1) is 17.7 Å². The van der Waals surface area contributed by atoms with E-state index < -0.39 is 21.9 Å². The van der Waals surface area contributed by atoms with Crippen LogP contribution in [-0.4, -0.2) is 25.4 Å². The Balaban J connectivity index is 2.15. The molecular formula is C17H13ClF3N3O3S. The smallest absolute Gasteiger partial charge is 0.435 e. The van der Waals surface area contributed by atoms with Crippen LogP contribution in [0, 0.1) is 0 Å². The minimum atomic E-state index is -4.78. The Labute approximate surface area is 163 Å². The van der Waals surface area contributed by atoms with Crippen LogP contribution in [0.2, 0.25) is 5.02 Å². The van der Waals surface area contributed by atoms with Crippen LogP contribution >= 0.6 is 11.6 Å². The van der Waals surface area contributed by atoms with Gasteiger partial charge in [0.1, 0.15) is 5.75 Å². The van der Waals surface area contributed by atoms with Crippen molar-refractivity contribution in [2.24, 2.45) is 0 Å². The van der Waals surface area contributed by atoms with Gasteiger partial charge in [0, 0.05) is 10.6 Å². The predicted octanol–water partition coefficient (Wildman–Crippen LogP) is 4.16. The Kier molecular flexibility index (Phi) is 5.26. The molecule has 148 valence electrons. The van der Waals surface area contributed by atoms with Gasteiger partial charge in [0.15, 0.2) is 5.69 Å². The molecule has 6 nitrogen and oxygen atoms in total. The third-order valence-corrected chi connectivity index (χ3v) is 5.24. The molecular weight excluding hydrogens is 419 g/mol. The third-order valence-electron chi connectivity index (χ3n) is 3.70. The van der Waals surface area contributed by atoms with Crippen molar-refractivity contribution in [1.82, 2.24) is 9.89 Å². The second kappa shape index (κ2) is 7.36. The zero-order chi connectivity index (χ0) is 20.5. The topological polar surface area (TPSA) is 73.2 Å². The summed E-state index contributed by atoms with van der Waals surface area (Å²) in [6.45, 7) is 0. The monoisotopic (exact) mass is 431 g/mol. The summed E-state index contributed by atoms with van der Waals surface area (Å²) in [5.74, 6) is 0.154. The molecule has 0 aliphatic rings. The van der Waals surface area contributed by atoms with E-state index in [0.717, 1.165) is 6.07 Å². The Morgan fingerprint density at radius 3 is 2.39 bits per heavy atom. The van der Waals surface area contributed by atoms with Crippen molar-refractivity contribution >= 4 is 21.6 Å². The predicted molar refractivity (Wildman–Crippen MR) is 97.2 cm³/mol. The van der Waals surface area contributed by atoms with E-state index in [1.807, 2.05) is 4.83 Å². The number of halogens is 4. The van der Waals surface area contributed by atoms with Crippen molar-refractivity contribution in [2.45, 2.75) is 11.1 Å². The quantitative estimate of drug-likeness (QED) is 0.658. The highest BCUT2D eigenvalue weighted by molar-refractivity contribution is 7.92. The minimum Gasteiger partial charge on any atom is -0.496 e. The van der Waals surface area contributed by atoms with E-state index in [-0.39, 0.29) is 21.9 Å². The molecule has 3 aromatic rings.